The molecular formula is C23H26Cl2N2O2. The second-order valence-electron chi connectivity index (χ2n) is 7.63. The number of Topliss-reactive ketones (excluding diaryl/α,β-unsaturated/α-hetero) is 2. The minimum absolute atomic E-state index is 0. The van der Waals surface area contributed by atoms with Crippen molar-refractivity contribution in [3.8, 4) is 0 Å². The summed E-state index contributed by atoms with van der Waals surface area (Å²) in [6.07, 6.45) is 2.43. The van der Waals surface area contributed by atoms with Crippen LogP contribution < -0.4 is 4.90 Å². The van der Waals surface area contributed by atoms with Crippen molar-refractivity contribution in [3.63, 3.8) is 0 Å². The zero-order valence-corrected chi connectivity index (χ0v) is 17.9. The van der Waals surface area contributed by atoms with Crippen molar-refractivity contribution < 1.29 is 9.59 Å². The van der Waals surface area contributed by atoms with Crippen LogP contribution in [0.4, 0.5) is 5.69 Å². The summed E-state index contributed by atoms with van der Waals surface area (Å²) in [6.45, 7) is 3.52. The Morgan fingerprint density at radius 2 is 1.55 bits per heavy atom. The van der Waals surface area contributed by atoms with Crippen molar-refractivity contribution >= 4 is 41.3 Å². The molecule has 1 heterocycles. The smallest absolute Gasteiger partial charge is 0.173 e. The Labute approximate surface area is 183 Å². The maximum Gasteiger partial charge on any atom is 0.173 e. The lowest BCUT2D eigenvalue weighted by Crippen LogP contribution is -2.55. The van der Waals surface area contributed by atoms with Crippen LogP contribution in [-0.2, 0) is 4.79 Å². The van der Waals surface area contributed by atoms with Crippen molar-refractivity contribution in [2.45, 2.75) is 25.3 Å². The molecule has 2 fully saturated rings. The predicted octanol–water partition coefficient (Wildman–Crippen LogP) is 4.50. The lowest BCUT2D eigenvalue weighted by Gasteiger charge is -2.42. The third-order valence-corrected chi connectivity index (χ3v) is 6.22. The zero-order valence-electron chi connectivity index (χ0n) is 16.3. The van der Waals surface area contributed by atoms with E-state index in [2.05, 4.69) is 34.1 Å². The highest BCUT2D eigenvalue weighted by Crippen LogP contribution is 2.29. The molecule has 1 saturated heterocycles. The first kappa shape index (κ1) is 21.8. The highest BCUT2D eigenvalue weighted by molar-refractivity contribution is 6.30. The maximum atomic E-state index is 13.2. The Morgan fingerprint density at radius 3 is 2.21 bits per heavy atom. The van der Waals surface area contributed by atoms with E-state index in [0.717, 1.165) is 39.0 Å². The third-order valence-electron chi connectivity index (χ3n) is 5.96. The highest BCUT2D eigenvalue weighted by atomic mass is 35.5. The van der Waals surface area contributed by atoms with Gasteiger partial charge in [0.1, 0.15) is 0 Å². The van der Waals surface area contributed by atoms with Gasteiger partial charge in [-0.3, -0.25) is 14.5 Å². The van der Waals surface area contributed by atoms with E-state index in [9.17, 15) is 9.59 Å². The number of para-hydroxylation sites is 1. The fraction of sp³-hybridized carbons (Fsp3) is 0.391. The summed E-state index contributed by atoms with van der Waals surface area (Å²) in [5.74, 6) is -0.485. The number of piperazine rings is 1. The van der Waals surface area contributed by atoms with Crippen LogP contribution in [0.1, 0.15) is 29.6 Å². The number of benzene rings is 2. The van der Waals surface area contributed by atoms with E-state index >= 15 is 0 Å². The molecule has 0 bridgehead atoms. The average Bonchev–Trinajstić information content (AvgIpc) is 2.75. The van der Waals surface area contributed by atoms with Gasteiger partial charge in [0.15, 0.2) is 11.6 Å². The summed E-state index contributed by atoms with van der Waals surface area (Å²) in [4.78, 5) is 30.7. The van der Waals surface area contributed by atoms with Gasteiger partial charge in [-0.05, 0) is 49.2 Å². The van der Waals surface area contributed by atoms with Crippen molar-refractivity contribution in [2.24, 2.45) is 5.92 Å². The molecule has 1 aliphatic heterocycles. The Morgan fingerprint density at radius 1 is 0.897 bits per heavy atom. The van der Waals surface area contributed by atoms with Crippen molar-refractivity contribution in [3.05, 3.63) is 65.2 Å². The standard InChI is InChI=1S/C23H25ClN2O2.ClH/c24-18-11-9-17(10-12-18)22(27)20-7-4-8-21(23(20)28)26-15-13-25(14-16-26)19-5-2-1-3-6-19;/h1-3,5-6,9-12,20-21H,4,7-8,13-16H2;1H. The molecule has 2 aromatic rings. The second-order valence-corrected chi connectivity index (χ2v) is 8.07. The van der Waals surface area contributed by atoms with Crippen LogP contribution in [0, 0.1) is 5.92 Å². The van der Waals surface area contributed by atoms with Gasteiger partial charge in [0.05, 0.1) is 12.0 Å². The quantitative estimate of drug-likeness (QED) is 0.526. The third kappa shape index (κ3) is 4.82. The molecule has 4 rings (SSSR count). The first-order valence-electron chi connectivity index (χ1n) is 10.0. The molecule has 2 aliphatic rings. The average molecular weight is 433 g/mol. The highest BCUT2D eigenvalue weighted by Gasteiger charge is 2.39. The Kier molecular flexibility index (Phi) is 7.33. The molecular weight excluding hydrogens is 407 g/mol. The Bertz CT molecular complexity index is 834. The zero-order chi connectivity index (χ0) is 19.5. The number of nitrogens with zero attached hydrogens (tertiary/aromatic N) is 2. The van der Waals surface area contributed by atoms with E-state index in [1.807, 2.05) is 6.07 Å². The van der Waals surface area contributed by atoms with Crippen molar-refractivity contribution in [1.29, 1.82) is 0 Å². The number of anilines is 1. The van der Waals surface area contributed by atoms with E-state index in [1.165, 1.54) is 5.69 Å². The van der Waals surface area contributed by atoms with Crippen molar-refractivity contribution in [2.75, 3.05) is 31.1 Å². The molecule has 0 radical (unpaired) electrons. The van der Waals surface area contributed by atoms with Crippen LogP contribution in [0.2, 0.25) is 5.02 Å². The molecule has 0 aromatic heterocycles. The summed E-state index contributed by atoms with van der Waals surface area (Å²) < 4.78 is 0. The van der Waals surface area contributed by atoms with E-state index in [1.54, 1.807) is 24.3 Å². The number of halogens is 2. The number of carbonyl (C=O) groups is 2. The van der Waals surface area contributed by atoms with Gasteiger partial charge in [-0.2, -0.15) is 0 Å². The Hall–Kier alpha value is -1.88. The number of ketones is 2. The van der Waals surface area contributed by atoms with Crippen LogP contribution in [0.5, 0.6) is 0 Å². The molecule has 29 heavy (non-hydrogen) atoms. The van der Waals surface area contributed by atoms with Gasteiger partial charge in [-0.25, -0.2) is 0 Å². The first-order valence-corrected chi connectivity index (χ1v) is 10.4. The Balaban J connectivity index is 0.00000240. The largest absolute Gasteiger partial charge is 0.369 e. The molecule has 6 heteroatoms. The summed E-state index contributed by atoms with van der Waals surface area (Å²) in [5, 5.41) is 0.598. The normalized spacial score (nSPS) is 22.8. The molecule has 1 aliphatic carbocycles. The summed E-state index contributed by atoms with van der Waals surface area (Å²) in [6, 6.07) is 17.1. The van der Waals surface area contributed by atoms with E-state index < -0.39 is 5.92 Å². The van der Waals surface area contributed by atoms with Crippen molar-refractivity contribution in [1.82, 2.24) is 4.90 Å². The lowest BCUT2D eigenvalue weighted by molar-refractivity contribution is -0.129. The molecule has 154 valence electrons. The minimum atomic E-state index is -0.521. The lowest BCUT2D eigenvalue weighted by atomic mass is 9.79. The first-order chi connectivity index (χ1) is 13.6. The predicted molar refractivity (Wildman–Crippen MR) is 119 cm³/mol. The monoisotopic (exact) mass is 432 g/mol. The number of rotatable bonds is 4. The van der Waals surface area contributed by atoms with Crippen LogP contribution in [-0.4, -0.2) is 48.7 Å². The SMILES string of the molecule is Cl.O=C(c1ccc(Cl)cc1)C1CCCC(N2CCN(c3ccccc3)CC2)C1=O. The van der Waals surface area contributed by atoms with E-state index in [0.29, 0.717) is 17.0 Å². The number of hydrogen-bond acceptors (Lipinski definition) is 4. The molecule has 0 spiro atoms. The molecule has 2 atom stereocenters. The van der Waals surface area contributed by atoms with Crippen LogP contribution in [0.15, 0.2) is 54.6 Å². The van der Waals surface area contributed by atoms with Gasteiger partial charge in [0, 0.05) is 42.5 Å². The number of hydrogen-bond donors (Lipinski definition) is 0. The fourth-order valence-corrected chi connectivity index (χ4v) is 4.53. The molecule has 2 aromatic carbocycles. The summed E-state index contributed by atoms with van der Waals surface area (Å²) in [7, 11) is 0. The van der Waals surface area contributed by atoms with Gasteiger partial charge in [-0.1, -0.05) is 36.2 Å². The maximum absolute atomic E-state index is 13.2. The molecule has 2 unspecified atom stereocenters. The van der Waals surface area contributed by atoms with Gasteiger partial charge >= 0.3 is 0 Å². The summed E-state index contributed by atoms with van der Waals surface area (Å²) in [5.41, 5.74) is 1.81. The van der Waals surface area contributed by atoms with Crippen LogP contribution >= 0.6 is 24.0 Å². The molecule has 1 saturated carbocycles. The van der Waals surface area contributed by atoms with Crippen LogP contribution in [0.25, 0.3) is 0 Å². The van der Waals surface area contributed by atoms with E-state index in [-0.39, 0.29) is 30.0 Å². The topological polar surface area (TPSA) is 40.6 Å². The molecule has 0 N–H and O–H groups in total. The summed E-state index contributed by atoms with van der Waals surface area (Å²) >= 11 is 5.92. The van der Waals surface area contributed by atoms with Gasteiger partial charge in [0.2, 0.25) is 0 Å². The fourth-order valence-electron chi connectivity index (χ4n) is 4.40. The number of carbonyl (C=O) groups excluding carboxylic acids is 2. The van der Waals surface area contributed by atoms with E-state index in [4.69, 9.17) is 11.6 Å². The molecule has 0 amide bonds. The van der Waals surface area contributed by atoms with Gasteiger partial charge < -0.3 is 4.90 Å². The van der Waals surface area contributed by atoms with Gasteiger partial charge in [0.25, 0.3) is 0 Å². The van der Waals surface area contributed by atoms with Crippen LogP contribution in [0.3, 0.4) is 0 Å². The second kappa shape index (κ2) is 9.75. The van der Waals surface area contributed by atoms with Gasteiger partial charge in [-0.15, -0.1) is 12.4 Å². The minimum Gasteiger partial charge on any atom is -0.369 e. The molecule has 4 nitrogen and oxygen atoms in total.